The molecule has 0 saturated carbocycles. The second-order valence-corrected chi connectivity index (χ2v) is 6.39. The summed E-state index contributed by atoms with van der Waals surface area (Å²) in [5.74, 6) is -0.400. The van der Waals surface area contributed by atoms with Crippen LogP contribution in [-0.2, 0) is 4.79 Å². The molecule has 2 amide bonds. The van der Waals surface area contributed by atoms with Crippen LogP contribution in [0.1, 0.15) is 23.0 Å². The Balaban J connectivity index is 1.62. The lowest BCUT2D eigenvalue weighted by atomic mass is 10.1. The van der Waals surface area contributed by atoms with Crippen LogP contribution in [0.2, 0.25) is 0 Å². The third kappa shape index (κ3) is 3.15. The molecule has 2 aromatic carbocycles. The number of aryl methyl sites for hydroxylation is 1. The van der Waals surface area contributed by atoms with Crippen LogP contribution in [0.4, 0.5) is 11.4 Å². The van der Waals surface area contributed by atoms with Crippen LogP contribution in [-0.4, -0.2) is 17.9 Å². The predicted octanol–water partition coefficient (Wildman–Crippen LogP) is 3.07. The van der Waals surface area contributed by atoms with Crippen molar-refractivity contribution in [2.45, 2.75) is 20.0 Å². The van der Waals surface area contributed by atoms with Gasteiger partial charge in [-0.3, -0.25) is 14.4 Å². The van der Waals surface area contributed by atoms with Crippen molar-refractivity contribution in [3.8, 4) is 5.75 Å². The zero-order valence-electron chi connectivity index (χ0n) is 14.7. The minimum Gasteiger partial charge on any atom is -0.479 e. The highest BCUT2D eigenvalue weighted by Crippen LogP contribution is 2.32. The standard InChI is InChI=1S/C20H16N2O5/c1-10-3-5-16-13(7-10)15(23)9-18(27-16)20(25)21-12-4-6-17-14(8-12)22-19(24)11(2)26-17/h3-9,11H,1-2H3,(H,21,25)(H,22,24). The Hall–Kier alpha value is -3.61. The smallest absolute Gasteiger partial charge is 0.291 e. The first-order valence-corrected chi connectivity index (χ1v) is 8.38. The van der Waals surface area contributed by atoms with E-state index in [-0.39, 0.29) is 17.1 Å². The van der Waals surface area contributed by atoms with Crippen molar-refractivity contribution in [1.82, 2.24) is 0 Å². The highest BCUT2D eigenvalue weighted by Gasteiger charge is 2.24. The Morgan fingerprint density at radius 3 is 2.74 bits per heavy atom. The normalized spacial score (nSPS) is 15.6. The van der Waals surface area contributed by atoms with E-state index in [1.165, 1.54) is 6.07 Å². The lowest BCUT2D eigenvalue weighted by Crippen LogP contribution is -2.34. The van der Waals surface area contributed by atoms with Crippen molar-refractivity contribution >= 4 is 34.2 Å². The lowest BCUT2D eigenvalue weighted by molar-refractivity contribution is -0.122. The summed E-state index contributed by atoms with van der Waals surface area (Å²) in [5.41, 5.74) is 1.89. The Morgan fingerprint density at radius 2 is 1.93 bits per heavy atom. The topological polar surface area (TPSA) is 97.6 Å². The number of ether oxygens (including phenoxy) is 1. The molecule has 0 spiro atoms. The van der Waals surface area contributed by atoms with E-state index in [4.69, 9.17) is 9.15 Å². The number of rotatable bonds is 2. The first kappa shape index (κ1) is 16.8. The number of anilines is 2. The molecule has 7 heteroatoms. The van der Waals surface area contributed by atoms with Gasteiger partial charge in [0.2, 0.25) is 0 Å². The van der Waals surface area contributed by atoms with Gasteiger partial charge in [-0.2, -0.15) is 0 Å². The number of carbonyl (C=O) groups excluding carboxylic acids is 2. The molecule has 0 fully saturated rings. The number of benzene rings is 2. The van der Waals surface area contributed by atoms with Gasteiger partial charge in [-0.05, 0) is 44.2 Å². The molecule has 0 aliphatic carbocycles. The second kappa shape index (κ2) is 6.28. The van der Waals surface area contributed by atoms with Gasteiger partial charge in [-0.1, -0.05) is 11.6 Å². The third-order valence-corrected chi connectivity index (χ3v) is 4.27. The molecule has 0 saturated heterocycles. The van der Waals surface area contributed by atoms with E-state index in [0.29, 0.717) is 28.1 Å². The fourth-order valence-electron chi connectivity index (χ4n) is 2.86. The van der Waals surface area contributed by atoms with Crippen LogP contribution < -0.4 is 20.8 Å². The monoisotopic (exact) mass is 364 g/mol. The minimum absolute atomic E-state index is 0.0945. The van der Waals surface area contributed by atoms with Crippen molar-refractivity contribution < 1.29 is 18.7 Å². The van der Waals surface area contributed by atoms with Crippen molar-refractivity contribution in [1.29, 1.82) is 0 Å². The Bertz CT molecular complexity index is 1150. The van der Waals surface area contributed by atoms with Crippen molar-refractivity contribution in [3.63, 3.8) is 0 Å². The van der Waals surface area contributed by atoms with E-state index >= 15 is 0 Å². The maximum absolute atomic E-state index is 12.5. The molecule has 2 heterocycles. The van der Waals surface area contributed by atoms with E-state index in [1.807, 2.05) is 6.92 Å². The number of hydrogen-bond acceptors (Lipinski definition) is 5. The Morgan fingerprint density at radius 1 is 1.11 bits per heavy atom. The van der Waals surface area contributed by atoms with Crippen LogP contribution in [0, 0.1) is 6.92 Å². The summed E-state index contributed by atoms with van der Waals surface area (Å²) in [7, 11) is 0. The van der Waals surface area contributed by atoms with Gasteiger partial charge < -0.3 is 19.8 Å². The molecule has 1 atom stereocenters. The fraction of sp³-hybridized carbons (Fsp3) is 0.150. The summed E-state index contributed by atoms with van der Waals surface area (Å²) in [6.07, 6.45) is -0.576. The van der Waals surface area contributed by atoms with Gasteiger partial charge in [-0.15, -0.1) is 0 Å². The predicted molar refractivity (Wildman–Crippen MR) is 100 cm³/mol. The molecule has 7 nitrogen and oxygen atoms in total. The van der Waals surface area contributed by atoms with Gasteiger partial charge in [0.15, 0.2) is 17.3 Å². The van der Waals surface area contributed by atoms with Crippen molar-refractivity contribution in [2.75, 3.05) is 10.6 Å². The number of nitrogens with one attached hydrogen (secondary N) is 2. The van der Waals surface area contributed by atoms with Crippen molar-refractivity contribution in [3.05, 3.63) is 64.0 Å². The number of carbonyl (C=O) groups is 2. The summed E-state index contributed by atoms with van der Waals surface area (Å²) >= 11 is 0. The molecule has 2 N–H and O–H groups in total. The molecule has 0 bridgehead atoms. The van der Waals surface area contributed by atoms with Gasteiger partial charge in [0, 0.05) is 11.8 Å². The molecular formula is C20H16N2O5. The Labute approximate surface area is 153 Å². The zero-order valence-corrected chi connectivity index (χ0v) is 14.7. The lowest BCUT2D eigenvalue weighted by Gasteiger charge is -2.23. The fourth-order valence-corrected chi connectivity index (χ4v) is 2.86. The zero-order chi connectivity index (χ0) is 19.1. The van der Waals surface area contributed by atoms with Gasteiger partial charge in [0.05, 0.1) is 11.1 Å². The number of amides is 2. The molecule has 1 unspecified atom stereocenters. The van der Waals surface area contributed by atoms with Gasteiger partial charge in [-0.25, -0.2) is 0 Å². The first-order chi connectivity index (χ1) is 12.9. The molecule has 27 heavy (non-hydrogen) atoms. The molecular weight excluding hydrogens is 348 g/mol. The van der Waals surface area contributed by atoms with E-state index in [0.717, 1.165) is 5.56 Å². The van der Waals surface area contributed by atoms with Gasteiger partial charge in [0.1, 0.15) is 11.3 Å². The Kier molecular flexibility index (Phi) is 3.92. The number of fused-ring (bicyclic) bond motifs is 2. The molecule has 1 aliphatic rings. The quantitative estimate of drug-likeness (QED) is 0.728. The first-order valence-electron chi connectivity index (χ1n) is 8.38. The molecule has 1 aliphatic heterocycles. The molecule has 136 valence electrons. The largest absolute Gasteiger partial charge is 0.479 e. The SMILES string of the molecule is Cc1ccc2oc(C(=O)Nc3ccc4c(c3)NC(=O)C(C)O4)cc(=O)c2c1. The average Bonchev–Trinajstić information content (AvgIpc) is 2.63. The third-order valence-electron chi connectivity index (χ3n) is 4.27. The van der Waals surface area contributed by atoms with E-state index in [2.05, 4.69) is 10.6 Å². The summed E-state index contributed by atoms with van der Waals surface area (Å²) in [5, 5.41) is 5.80. The summed E-state index contributed by atoms with van der Waals surface area (Å²) < 4.78 is 11.0. The van der Waals surface area contributed by atoms with E-state index < -0.39 is 12.0 Å². The number of hydrogen-bond donors (Lipinski definition) is 2. The van der Waals surface area contributed by atoms with Gasteiger partial charge >= 0.3 is 0 Å². The maximum Gasteiger partial charge on any atom is 0.291 e. The van der Waals surface area contributed by atoms with E-state index in [1.54, 1.807) is 43.3 Å². The highest BCUT2D eigenvalue weighted by atomic mass is 16.5. The molecule has 4 rings (SSSR count). The highest BCUT2D eigenvalue weighted by molar-refractivity contribution is 6.04. The maximum atomic E-state index is 12.5. The average molecular weight is 364 g/mol. The van der Waals surface area contributed by atoms with Crippen LogP contribution in [0.5, 0.6) is 5.75 Å². The summed E-state index contributed by atoms with van der Waals surface area (Å²) in [6.45, 7) is 3.52. The van der Waals surface area contributed by atoms with Crippen molar-refractivity contribution in [2.24, 2.45) is 0 Å². The summed E-state index contributed by atoms with van der Waals surface area (Å²) in [4.78, 5) is 36.5. The molecule has 3 aromatic rings. The minimum atomic E-state index is -0.576. The molecule has 0 radical (unpaired) electrons. The van der Waals surface area contributed by atoms with Gasteiger partial charge in [0.25, 0.3) is 11.8 Å². The van der Waals surface area contributed by atoms with Crippen LogP contribution in [0.15, 0.2) is 51.7 Å². The summed E-state index contributed by atoms with van der Waals surface area (Å²) in [6, 6.07) is 11.2. The van der Waals surface area contributed by atoms with Crippen LogP contribution in [0.25, 0.3) is 11.0 Å². The van der Waals surface area contributed by atoms with Crippen LogP contribution >= 0.6 is 0 Å². The van der Waals surface area contributed by atoms with Crippen LogP contribution in [0.3, 0.4) is 0 Å². The molecule has 1 aromatic heterocycles. The van der Waals surface area contributed by atoms with E-state index in [9.17, 15) is 14.4 Å². The second-order valence-electron chi connectivity index (χ2n) is 6.39.